The molecule has 2 atom stereocenters. The van der Waals surface area contributed by atoms with Crippen LogP contribution in [-0.2, 0) is 0 Å². The average Bonchev–Trinajstić information content (AvgIpc) is 3.09. The zero-order valence-electron chi connectivity index (χ0n) is 14.5. The third-order valence-electron chi connectivity index (χ3n) is 5.03. The zero-order chi connectivity index (χ0) is 17.4. The van der Waals surface area contributed by atoms with Gasteiger partial charge in [0.1, 0.15) is 11.8 Å². The Morgan fingerprint density at radius 2 is 2.00 bits per heavy atom. The number of hydrogen-bond acceptors (Lipinski definition) is 4. The first kappa shape index (κ1) is 15.8. The monoisotopic (exact) mass is 339 g/mol. The molecule has 4 rings (SSSR count). The van der Waals surface area contributed by atoms with Gasteiger partial charge in [0.05, 0.1) is 5.56 Å². The molecule has 0 saturated heterocycles. The fourth-order valence-electron chi connectivity index (χ4n) is 3.40. The van der Waals surface area contributed by atoms with Crippen LogP contribution in [0.1, 0.15) is 37.4 Å². The molecule has 0 saturated carbocycles. The standard InChI is InChI=1S/C20H22N2O3/c1-3-20(2)21-15(13-8-9-18-19(10-13)25-12-24-18)11-16(22-20)14-6-4-5-7-17(14)23/h4-11,16,21-23H,3,12H2,1-2H3/p+1. The number of nitrogens with two attached hydrogens (primary N) is 1. The molecular formula is C20H23N2O3+. The number of phenols is 1. The van der Waals surface area contributed by atoms with Gasteiger partial charge in [0, 0.05) is 30.7 Å². The van der Waals surface area contributed by atoms with Gasteiger partial charge in [-0.05, 0) is 30.3 Å². The van der Waals surface area contributed by atoms with Crippen LogP contribution in [0.3, 0.4) is 0 Å². The Balaban J connectivity index is 1.76. The maximum Gasteiger partial charge on any atom is 0.231 e. The number of hydrogen-bond donors (Lipinski definition) is 3. The number of nitrogens with one attached hydrogen (secondary N) is 1. The molecule has 2 heterocycles. The van der Waals surface area contributed by atoms with E-state index in [4.69, 9.17) is 9.47 Å². The van der Waals surface area contributed by atoms with Crippen molar-refractivity contribution in [2.45, 2.75) is 32.0 Å². The molecule has 5 nitrogen and oxygen atoms in total. The molecule has 130 valence electrons. The molecule has 0 radical (unpaired) electrons. The summed E-state index contributed by atoms with van der Waals surface area (Å²) in [6.07, 6.45) is 3.10. The first-order chi connectivity index (χ1) is 12.1. The molecule has 5 heteroatoms. The van der Waals surface area contributed by atoms with Gasteiger partial charge in [0.2, 0.25) is 6.79 Å². The van der Waals surface area contributed by atoms with Crippen LogP contribution in [0.5, 0.6) is 17.2 Å². The predicted octanol–water partition coefficient (Wildman–Crippen LogP) is 2.50. The molecule has 0 amide bonds. The maximum absolute atomic E-state index is 10.3. The Labute approximate surface area is 147 Å². The Kier molecular flexibility index (Phi) is 3.81. The number of ether oxygens (including phenoxy) is 2. The van der Waals surface area contributed by atoms with Gasteiger partial charge in [-0.25, -0.2) is 0 Å². The second-order valence-electron chi connectivity index (χ2n) is 6.80. The highest BCUT2D eigenvalue weighted by Crippen LogP contribution is 2.36. The lowest BCUT2D eigenvalue weighted by Crippen LogP contribution is -3.00. The summed E-state index contributed by atoms with van der Waals surface area (Å²) in [7, 11) is 0. The molecule has 2 aromatic rings. The molecule has 2 aliphatic heterocycles. The number of para-hydroxylation sites is 1. The first-order valence-corrected chi connectivity index (χ1v) is 8.62. The fraction of sp³-hybridized carbons (Fsp3) is 0.300. The number of quaternary nitrogens is 1. The Bertz CT molecular complexity index is 833. The topological polar surface area (TPSA) is 67.3 Å². The van der Waals surface area contributed by atoms with Crippen molar-refractivity contribution in [2.75, 3.05) is 6.79 Å². The predicted molar refractivity (Wildman–Crippen MR) is 95.1 cm³/mol. The van der Waals surface area contributed by atoms with E-state index in [9.17, 15) is 5.11 Å². The third kappa shape index (κ3) is 2.91. The third-order valence-corrected chi connectivity index (χ3v) is 5.03. The number of rotatable bonds is 3. The first-order valence-electron chi connectivity index (χ1n) is 8.62. The minimum atomic E-state index is -0.159. The van der Waals surface area contributed by atoms with Crippen LogP contribution >= 0.6 is 0 Å². The van der Waals surface area contributed by atoms with E-state index in [1.807, 2.05) is 36.4 Å². The molecule has 0 aliphatic carbocycles. The van der Waals surface area contributed by atoms with Crippen molar-refractivity contribution < 1.29 is 19.9 Å². The second-order valence-corrected chi connectivity index (χ2v) is 6.80. The smallest absolute Gasteiger partial charge is 0.231 e. The molecule has 4 N–H and O–H groups in total. The minimum Gasteiger partial charge on any atom is -0.507 e. The normalized spacial score (nSPS) is 24.6. The lowest BCUT2D eigenvalue weighted by molar-refractivity contribution is -0.758. The van der Waals surface area contributed by atoms with Crippen LogP contribution in [0.4, 0.5) is 0 Å². The van der Waals surface area contributed by atoms with Gasteiger partial charge in [-0.3, -0.25) is 0 Å². The molecular weight excluding hydrogens is 316 g/mol. The maximum atomic E-state index is 10.3. The lowest BCUT2D eigenvalue weighted by Gasteiger charge is -2.37. The number of benzene rings is 2. The summed E-state index contributed by atoms with van der Waals surface area (Å²) < 4.78 is 10.9. The van der Waals surface area contributed by atoms with Gasteiger partial charge in [-0.1, -0.05) is 19.1 Å². The van der Waals surface area contributed by atoms with Crippen LogP contribution in [0.2, 0.25) is 0 Å². The minimum absolute atomic E-state index is 0.0350. The van der Waals surface area contributed by atoms with Gasteiger partial charge in [0.15, 0.2) is 17.2 Å². The summed E-state index contributed by atoms with van der Waals surface area (Å²) in [4.78, 5) is 0. The lowest BCUT2D eigenvalue weighted by atomic mass is 9.94. The SMILES string of the molecule is CCC1(C)NC(c2ccc3c(c2)OCO3)=CC(c2ccccc2O)[NH2+]1. The summed E-state index contributed by atoms with van der Waals surface area (Å²) >= 11 is 0. The van der Waals surface area contributed by atoms with Gasteiger partial charge < -0.3 is 25.2 Å². The zero-order valence-corrected chi connectivity index (χ0v) is 14.5. The molecule has 2 unspecified atom stereocenters. The number of fused-ring (bicyclic) bond motifs is 1. The van der Waals surface area contributed by atoms with Crippen molar-refractivity contribution in [2.24, 2.45) is 0 Å². The van der Waals surface area contributed by atoms with E-state index in [2.05, 4.69) is 30.6 Å². The van der Waals surface area contributed by atoms with Crippen molar-refractivity contribution in [3.63, 3.8) is 0 Å². The summed E-state index contributed by atoms with van der Waals surface area (Å²) in [6.45, 7) is 4.61. The van der Waals surface area contributed by atoms with Crippen molar-refractivity contribution in [1.82, 2.24) is 5.32 Å². The molecule has 25 heavy (non-hydrogen) atoms. The Morgan fingerprint density at radius 3 is 2.80 bits per heavy atom. The molecule has 2 aromatic carbocycles. The van der Waals surface area contributed by atoms with E-state index in [1.54, 1.807) is 6.07 Å². The second kappa shape index (κ2) is 6.01. The highest BCUT2D eigenvalue weighted by Gasteiger charge is 2.36. The van der Waals surface area contributed by atoms with Crippen molar-refractivity contribution in [1.29, 1.82) is 0 Å². The van der Waals surface area contributed by atoms with Crippen molar-refractivity contribution >= 4 is 5.70 Å². The van der Waals surface area contributed by atoms with Crippen molar-refractivity contribution in [3.8, 4) is 17.2 Å². The van der Waals surface area contributed by atoms with Crippen LogP contribution in [-0.4, -0.2) is 17.6 Å². The van der Waals surface area contributed by atoms with Crippen molar-refractivity contribution in [3.05, 3.63) is 59.7 Å². The highest BCUT2D eigenvalue weighted by molar-refractivity contribution is 5.68. The van der Waals surface area contributed by atoms with Gasteiger partial charge in [-0.2, -0.15) is 0 Å². The molecule has 0 spiro atoms. The number of aromatic hydroxyl groups is 1. The summed E-state index contributed by atoms with van der Waals surface area (Å²) in [5, 5.41) is 16.2. The molecule has 0 aromatic heterocycles. The van der Waals surface area contributed by atoms with E-state index < -0.39 is 0 Å². The summed E-state index contributed by atoms with van der Waals surface area (Å²) in [6, 6.07) is 13.5. The Hall–Kier alpha value is -2.66. The quantitative estimate of drug-likeness (QED) is 0.804. The van der Waals surface area contributed by atoms with Gasteiger partial charge in [0.25, 0.3) is 0 Å². The summed E-state index contributed by atoms with van der Waals surface area (Å²) in [5.41, 5.74) is 2.85. The number of phenolic OH excluding ortho intramolecular Hbond substituents is 1. The van der Waals surface area contributed by atoms with Crippen LogP contribution < -0.4 is 20.1 Å². The fourth-order valence-corrected chi connectivity index (χ4v) is 3.40. The van der Waals surface area contributed by atoms with E-state index >= 15 is 0 Å². The van der Waals surface area contributed by atoms with E-state index in [1.165, 1.54) is 0 Å². The Morgan fingerprint density at radius 1 is 1.20 bits per heavy atom. The molecule has 2 aliphatic rings. The average molecular weight is 339 g/mol. The molecule has 0 bridgehead atoms. The van der Waals surface area contributed by atoms with Gasteiger partial charge >= 0.3 is 0 Å². The van der Waals surface area contributed by atoms with Crippen LogP contribution in [0.15, 0.2) is 48.5 Å². The summed E-state index contributed by atoms with van der Waals surface area (Å²) in [5.74, 6) is 1.87. The van der Waals surface area contributed by atoms with Gasteiger partial charge in [-0.15, -0.1) is 0 Å². The largest absolute Gasteiger partial charge is 0.507 e. The van der Waals surface area contributed by atoms with E-state index in [-0.39, 0.29) is 18.5 Å². The molecule has 0 fully saturated rings. The van der Waals surface area contributed by atoms with Crippen LogP contribution in [0, 0.1) is 0 Å². The van der Waals surface area contributed by atoms with E-state index in [0.29, 0.717) is 5.75 Å². The van der Waals surface area contributed by atoms with Crippen LogP contribution in [0.25, 0.3) is 5.70 Å². The highest BCUT2D eigenvalue weighted by atomic mass is 16.7. The van der Waals surface area contributed by atoms with E-state index in [0.717, 1.165) is 34.7 Å².